The molecular formula is C18H20F3NO4. The smallest absolute Gasteiger partial charge is 0.433 e. The van der Waals surface area contributed by atoms with Crippen LogP contribution in [0.5, 0.6) is 0 Å². The Labute approximate surface area is 148 Å². The highest BCUT2D eigenvalue weighted by Gasteiger charge is 2.39. The predicted molar refractivity (Wildman–Crippen MR) is 87.1 cm³/mol. The maximum absolute atomic E-state index is 12.9. The molecule has 1 saturated carbocycles. The quantitative estimate of drug-likeness (QED) is 0.496. The van der Waals surface area contributed by atoms with E-state index in [0.29, 0.717) is 18.9 Å². The highest BCUT2D eigenvalue weighted by atomic mass is 19.4. The molecule has 1 heterocycles. The molecule has 26 heavy (non-hydrogen) atoms. The van der Waals surface area contributed by atoms with Gasteiger partial charge in [0.25, 0.3) is 0 Å². The molecule has 1 aromatic heterocycles. The molecule has 0 aromatic carbocycles. The Morgan fingerprint density at radius 1 is 1.31 bits per heavy atom. The lowest BCUT2D eigenvalue weighted by Crippen LogP contribution is -2.34. The van der Waals surface area contributed by atoms with E-state index in [0.717, 1.165) is 6.07 Å². The monoisotopic (exact) mass is 371 g/mol. The number of pyridine rings is 1. The van der Waals surface area contributed by atoms with Crippen LogP contribution in [-0.2, 0) is 27.1 Å². The second kappa shape index (κ2) is 7.57. The van der Waals surface area contributed by atoms with Crippen LogP contribution in [0, 0.1) is 11.8 Å². The Bertz CT molecular complexity index is 755. The maximum atomic E-state index is 12.9. The number of carbonyl (C=O) groups is 2. The van der Waals surface area contributed by atoms with Gasteiger partial charge in [-0.05, 0) is 25.0 Å². The summed E-state index contributed by atoms with van der Waals surface area (Å²) in [4.78, 5) is 28.5. The molecule has 0 amide bonds. The molecule has 0 spiro atoms. The molecule has 0 bridgehead atoms. The van der Waals surface area contributed by atoms with Crippen LogP contribution in [0.3, 0.4) is 0 Å². The Hall–Kier alpha value is -2.22. The van der Waals surface area contributed by atoms with Gasteiger partial charge in [-0.15, -0.1) is 0 Å². The Morgan fingerprint density at radius 2 is 1.96 bits per heavy atom. The fraction of sp³-hybridized carbons (Fsp3) is 0.500. The molecule has 0 saturated heterocycles. The fourth-order valence-corrected chi connectivity index (χ4v) is 3.05. The molecule has 1 aromatic rings. The topological polar surface area (TPSA) is 76.5 Å². The first-order chi connectivity index (χ1) is 12.1. The molecule has 2 rings (SSSR count). The van der Waals surface area contributed by atoms with Gasteiger partial charge in [-0.2, -0.15) is 13.2 Å². The number of hydrogen-bond donors (Lipinski definition) is 1. The largest absolute Gasteiger partial charge is 0.506 e. The Balaban J connectivity index is 2.62. The summed E-state index contributed by atoms with van der Waals surface area (Å²) in [5.74, 6) is -2.51. The minimum atomic E-state index is -4.66. The van der Waals surface area contributed by atoms with E-state index >= 15 is 0 Å². The number of methoxy groups -OCH3 is 1. The van der Waals surface area contributed by atoms with Gasteiger partial charge in [0.2, 0.25) is 0 Å². The van der Waals surface area contributed by atoms with Crippen molar-refractivity contribution in [3.63, 3.8) is 0 Å². The minimum Gasteiger partial charge on any atom is -0.506 e. The molecule has 1 aliphatic rings. The van der Waals surface area contributed by atoms with Crippen molar-refractivity contribution in [2.75, 3.05) is 7.11 Å². The van der Waals surface area contributed by atoms with Crippen LogP contribution in [0.4, 0.5) is 13.2 Å². The van der Waals surface area contributed by atoms with Crippen LogP contribution < -0.4 is 0 Å². The third kappa shape index (κ3) is 3.80. The first-order valence-electron chi connectivity index (χ1n) is 8.19. The van der Waals surface area contributed by atoms with Crippen LogP contribution in [0.1, 0.15) is 43.6 Å². The average molecular weight is 371 g/mol. The van der Waals surface area contributed by atoms with Crippen LogP contribution in [0.15, 0.2) is 17.7 Å². The number of aromatic nitrogens is 1. The van der Waals surface area contributed by atoms with E-state index in [1.54, 1.807) is 13.8 Å². The molecule has 1 N–H and O–H groups in total. The zero-order valence-corrected chi connectivity index (χ0v) is 14.7. The molecule has 0 aliphatic heterocycles. The van der Waals surface area contributed by atoms with Crippen LogP contribution in [0.25, 0.3) is 5.76 Å². The number of hydrogen-bond acceptors (Lipinski definition) is 5. The number of nitrogens with zero attached hydrogens (tertiary/aromatic N) is 1. The van der Waals surface area contributed by atoms with E-state index in [4.69, 9.17) is 4.74 Å². The number of ether oxygens (including phenoxy) is 1. The maximum Gasteiger partial charge on any atom is 0.433 e. The summed E-state index contributed by atoms with van der Waals surface area (Å²) < 4.78 is 43.5. The van der Waals surface area contributed by atoms with E-state index in [1.165, 1.54) is 7.11 Å². The number of Topliss-reactive ketones (excluding diaryl/α,β-unsaturated/α-hetero) is 2. The highest BCUT2D eigenvalue weighted by molar-refractivity contribution is 6.27. The number of ketones is 2. The number of alkyl halides is 3. The summed E-state index contributed by atoms with van der Waals surface area (Å²) >= 11 is 0. The van der Waals surface area contributed by atoms with Gasteiger partial charge >= 0.3 is 6.18 Å². The van der Waals surface area contributed by atoms with Gasteiger partial charge in [-0.3, -0.25) is 9.59 Å². The molecule has 1 aliphatic carbocycles. The summed E-state index contributed by atoms with van der Waals surface area (Å²) in [5.41, 5.74) is -1.82. The number of halogens is 3. The van der Waals surface area contributed by atoms with Gasteiger partial charge in [0, 0.05) is 24.5 Å². The van der Waals surface area contributed by atoms with E-state index < -0.39 is 41.0 Å². The lowest BCUT2D eigenvalue weighted by atomic mass is 9.75. The van der Waals surface area contributed by atoms with Crippen molar-refractivity contribution in [3.05, 3.63) is 34.7 Å². The third-order valence-electron chi connectivity index (χ3n) is 4.48. The molecule has 8 heteroatoms. The highest BCUT2D eigenvalue weighted by Crippen LogP contribution is 2.35. The lowest BCUT2D eigenvalue weighted by Gasteiger charge is -2.26. The molecular weight excluding hydrogens is 351 g/mol. The number of aliphatic hydroxyl groups excluding tert-OH is 1. The second-order valence-electron chi connectivity index (χ2n) is 6.32. The third-order valence-corrected chi connectivity index (χ3v) is 4.48. The summed E-state index contributed by atoms with van der Waals surface area (Å²) in [6.45, 7) is 3.15. The van der Waals surface area contributed by atoms with Crippen molar-refractivity contribution < 1.29 is 32.6 Å². The van der Waals surface area contributed by atoms with Gasteiger partial charge in [0.1, 0.15) is 17.0 Å². The molecule has 1 fully saturated rings. The van der Waals surface area contributed by atoms with Crippen molar-refractivity contribution in [2.45, 2.75) is 39.5 Å². The van der Waals surface area contributed by atoms with E-state index in [2.05, 4.69) is 4.98 Å². The first-order valence-corrected chi connectivity index (χ1v) is 8.19. The van der Waals surface area contributed by atoms with Gasteiger partial charge in [-0.1, -0.05) is 13.8 Å². The number of allylic oxidation sites excluding steroid dienone is 1. The summed E-state index contributed by atoms with van der Waals surface area (Å²) in [6, 6.07) is 1.71. The molecule has 0 radical (unpaired) electrons. The van der Waals surface area contributed by atoms with Crippen LogP contribution >= 0.6 is 0 Å². The molecule has 5 nitrogen and oxygen atoms in total. The normalized spacial score (nSPS) is 23.3. The number of rotatable bonds is 4. The lowest BCUT2D eigenvalue weighted by molar-refractivity contribution is -0.141. The van der Waals surface area contributed by atoms with Crippen molar-refractivity contribution in [1.82, 2.24) is 4.98 Å². The number of carbonyl (C=O) groups excluding carboxylic acids is 2. The van der Waals surface area contributed by atoms with Crippen molar-refractivity contribution in [2.24, 2.45) is 11.8 Å². The summed E-state index contributed by atoms with van der Waals surface area (Å²) in [6.07, 6.45) is -3.77. The molecule has 2 unspecified atom stereocenters. The predicted octanol–water partition coefficient (Wildman–Crippen LogP) is 3.72. The Morgan fingerprint density at radius 3 is 2.50 bits per heavy atom. The van der Waals surface area contributed by atoms with Gasteiger partial charge in [-0.25, -0.2) is 4.98 Å². The summed E-state index contributed by atoms with van der Waals surface area (Å²) in [7, 11) is 1.27. The molecule has 2 atom stereocenters. The molecule has 142 valence electrons. The van der Waals surface area contributed by atoms with Gasteiger partial charge in [0.15, 0.2) is 11.6 Å². The van der Waals surface area contributed by atoms with Crippen molar-refractivity contribution in [1.29, 1.82) is 0 Å². The van der Waals surface area contributed by atoms with Crippen molar-refractivity contribution >= 4 is 17.3 Å². The Kier molecular flexibility index (Phi) is 5.85. The SMILES string of the molecule is CCC1CC(C)C(=O)C(=C(O)c2ccc(C(F)(F)F)nc2COC)C1=O. The van der Waals surface area contributed by atoms with Crippen LogP contribution in [-0.4, -0.2) is 28.8 Å². The van der Waals surface area contributed by atoms with Crippen LogP contribution in [0.2, 0.25) is 0 Å². The summed E-state index contributed by atoms with van der Waals surface area (Å²) in [5, 5.41) is 10.6. The zero-order chi connectivity index (χ0) is 19.6. The zero-order valence-electron chi connectivity index (χ0n) is 14.7. The average Bonchev–Trinajstić information content (AvgIpc) is 2.57. The van der Waals surface area contributed by atoms with E-state index in [9.17, 15) is 27.9 Å². The van der Waals surface area contributed by atoms with E-state index in [1.807, 2.05) is 0 Å². The van der Waals surface area contributed by atoms with Gasteiger partial charge in [0.05, 0.1) is 12.3 Å². The fourth-order valence-electron chi connectivity index (χ4n) is 3.05. The number of aliphatic hydroxyl groups is 1. The standard InChI is InChI=1S/C18H20F3NO4/c1-4-10-7-9(2)15(23)14(16(10)24)17(25)11-5-6-13(18(19,20)21)22-12(11)8-26-3/h5-6,9-10,25H,4,7-8H2,1-3H3. The first kappa shape index (κ1) is 20.1. The van der Waals surface area contributed by atoms with Crippen molar-refractivity contribution in [3.8, 4) is 0 Å². The van der Waals surface area contributed by atoms with Gasteiger partial charge < -0.3 is 9.84 Å². The second-order valence-corrected chi connectivity index (χ2v) is 6.32. The minimum absolute atomic E-state index is 0.111. The van der Waals surface area contributed by atoms with E-state index in [-0.39, 0.29) is 23.4 Å².